The molecule has 0 aliphatic heterocycles. The Morgan fingerprint density at radius 1 is 1.29 bits per heavy atom. The number of aryl methyl sites for hydroxylation is 2. The lowest BCUT2D eigenvalue weighted by atomic mass is 9.85. The van der Waals surface area contributed by atoms with Crippen LogP contribution in [0.2, 0.25) is 0 Å². The molecular weight excluding hydrogens is 210 g/mol. The average Bonchev–Trinajstić information content (AvgIpc) is 2.68. The van der Waals surface area contributed by atoms with Crippen molar-refractivity contribution in [2.75, 3.05) is 0 Å². The molecule has 0 bridgehead atoms. The Kier molecular flexibility index (Phi) is 4.27. The van der Waals surface area contributed by atoms with Gasteiger partial charge in [0.15, 0.2) is 0 Å². The molecule has 1 aliphatic rings. The van der Waals surface area contributed by atoms with Gasteiger partial charge in [-0.05, 0) is 44.2 Å². The summed E-state index contributed by atoms with van der Waals surface area (Å²) in [5.41, 5.74) is 7.42. The summed E-state index contributed by atoms with van der Waals surface area (Å²) in [5.74, 6) is 2.89. The van der Waals surface area contributed by atoms with Crippen LogP contribution >= 0.6 is 0 Å². The van der Waals surface area contributed by atoms with Crippen LogP contribution in [0, 0.1) is 19.8 Å². The molecular formula is C15H25NO. The molecule has 1 saturated carbocycles. The van der Waals surface area contributed by atoms with Crippen molar-refractivity contribution in [3.05, 3.63) is 23.2 Å². The van der Waals surface area contributed by atoms with Crippen molar-refractivity contribution >= 4 is 0 Å². The number of nitrogens with two attached hydrogens (primary N) is 1. The van der Waals surface area contributed by atoms with Gasteiger partial charge in [-0.15, -0.1) is 0 Å². The quantitative estimate of drug-likeness (QED) is 0.847. The Hall–Kier alpha value is -0.760. The highest BCUT2D eigenvalue weighted by atomic mass is 16.3. The van der Waals surface area contributed by atoms with Gasteiger partial charge in [0.1, 0.15) is 11.5 Å². The highest BCUT2D eigenvalue weighted by molar-refractivity contribution is 5.20. The fraction of sp³-hybridized carbons (Fsp3) is 0.733. The standard InChI is InChI=1S/C15H25NO/c1-11-10-15(17-12(11)2)14(16)9-8-13-6-4-3-5-7-13/h10,13-14H,3-9,16H2,1-2H3. The van der Waals surface area contributed by atoms with Crippen LogP contribution in [0.4, 0.5) is 0 Å². The van der Waals surface area contributed by atoms with Crippen LogP contribution < -0.4 is 5.73 Å². The van der Waals surface area contributed by atoms with Crippen molar-refractivity contribution in [2.24, 2.45) is 11.7 Å². The summed E-state index contributed by atoms with van der Waals surface area (Å²) in [6.07, 6.45) is 9.40. The minimum atomic E-state index is 0.0873. The van der Waals surface area contributed by atoms with E-state index in [1.807, 2.05) is 6.92 Å². The van der Waals surface area contributed by atoms with Gasteiger partial charge < -0.3 is 10.2 Å². The summed E-state index contributed by atoms with van der Waals surface area (Å²) >= 11 is 0. The Morgan fingerprint density at radius 3 is 2.59 bits per heavy atom. The molecule has 2 N–H and O–H groups in total. The lowest BCUT2D eigenvalue weighted by Crippen LogP contribution is -2.13. The maximum absolute atomic E-state index is 6.20. The Bertz CT molecular complexity index is 330. The molecule has 96 valence electrons. The molecule has 2 nitrogen and oxygen atoms in total. The summed E-state index contributed by atoms with van der Waals surface area (Å²) in [7, 11) is 0. The van der Waals surface area contributed by atoms with Crippen molar-refractivity contribution < 1.29 is 4.42 Å². The Labute approximate surface area is 105 Å². The van der Waals surface area contributed by atoms with Crippen LogP contribution in [0.1, 0.15) is 68.1 Å². The molecule has 2 rings (SSSR count). The molecule has 0 radical (unpaired) electrons. The van der Waals surface area contributed by atoms with Crippen molar-refractivity contribution in [3.63, 3.8) is 0 Å². The monoisotopic (exact) mass is 235 g/mol. The van der Waals surface area contributed by atoms with Gasteiger partial charge in [-0.25, -0.2) is 0 Å². The first-order valence-electron chi connectivity index (χ1n) is 6.99. The summed E-state index contributed by atoms with van der Waals surface area (Å²) < 4.78 is 5.69. The molecule has 2 heteroatoms. The van der Waals surface area contributed by atoms with Gasteiger partial charge in [0.25, 0.3) is 0 Å². The van der Waals surface area contributed by atoms with Crippen molar-refractivity contribution in [2.45, 2.75) is 64.8 Å². The second-order valence-corrected chi connectivity index (χ2v) is 5.58. The van der Waals surface area contributed by atoms with E-state index in [2.05, 4.69) is 13.0 Å². The minimum Gasteiger partial charge on any atom is -0.464 e. The van der Waals surface area contributed by atoms with E-state index >= 15 is 0 Å². The zero-order valence-corrected chi connectivity index (χ0v) is 11.2. The van der Waals surface area contributed by atoms with E-state index in [0.717, 1.165) is 23.9 Å². The zero-order chi connectivity index (χ0) is 12.3. The van der Waals surface area contributed by atoms with Crippen LogP contribution in [0.5, 0.6) is 0 Å². The van der Waals surface area contributed by atoms with E-state index < -0.39 is 0 Å². The fourth-order valence-electron chi connectivity index (χ4n) is 2.82. The molecule has 0 aromatic carbocycles. The van der Waals surface area contributed by atoms with Crippen molar-refractivity contribution in [1.29, 1.82) is 0 Å². The molecule has 1 heterocycles. The molecule has 1 aromatic heterocycles. The second-order valence-electron chi connectivity index (χ2n) is 5.58. The second kappa shape index (κ2) is 5.72. The van der Waals surface area contributed by atoms with Gasteiger partial charge in [-0.2, -0.15) is 0 Å². The van der Waals surface area contributed by atoms with E-state index in [0.29, 0.717) is 0 Å². The molecule has 1 aromatic rings. The lowest BCUT2D eigenvalue weighted by molar-refractivity contribution is 0.315. The maximum atomic E-state index is 6.20. The largest absolute Gasteiger partial charge is 0.464 e. The van der Waals surface area contributed by atoms with Gasteiger partial charge >= 0.3 is 0 Å². The van der Waals surface area contributed by atoms with Crippen LogP contribution in [-0.2, 0) is 0 Å². The number of hydrogen-bond acceptors (Lipinski definition) is 2. The molecule has 0 saturated heterocycles. The summed E-state index contributed by atoms with van der Waals surface area (Å²) in [4.78, 5) is 0. The normalized spacial score (nSPS) is 19.5. The molecule has 1 unspecified atom stereocenters. The SMILES string of the molecule is Cc1cc(C(N)CCC2CCCCC2)oc1C. The first-order chi connectivity index (χ1) is 8.16. The van der Waals surface area contributed by atoms with E-state index in [1.54, 1.807) is 0 Å². The third-order valence-corrected chi connectivity index (χ3v) is 4.16. The van der Waals surface area contributed by atoms with Gasteiger partial charge in [-0.3, -0.25) is 0 Å². The van der Waals surface area contributed by atoms with Gasteiger partial charge in [-0.1, -0.05) is 32.1 Å². The highest BCUT2D eigenvalue weighted by Crippen LogP contribution is 2.30. The third-order valence-electron chi connectivity index (χ3n) is 4.16. The van der Waals surface area contributed by atoms with E-state index in [-0.39, 0.29) is 6.04 Å². The molecule has 17 heavy (non-hydrogen) atoms. The topological polar surface area (TPSA) is 39.2 Å². The Balaban J connectivity index is 1.82. The average molecular weight is 235 g/mol. The molecule has 1 fully saturated rings. The number of hydrogen-bond donors (Lipinski definition) is 1. The van der Waals surface area contributed by atoms with Gasteiger partial charge in [0.05, 0.1) is 6.04 Å². The molecule has 0 amide bonds. The van der Waals surface area contributed by atoms with Crippen molar-refractivity contribution in [3.8, 4) is 0 Å². The maximum Gasteiger partial charge on any atom is 0.121 e. The lowest BCUT2D eigenvalue weighted by Gasteiger charge is -2.22. The van der Waals surface area contributed by atoms with Crippen LogP contribution in [0.25, 0.3) is 0 Å². The third kappa shape index (κ3) is 3.35. The van der Waals surface area contributed by atoms with Gasteiger partial charge in [0.2, 0.25) is 0 Å². The molecule has 1 aliphatic carbocycles. The predicted octanol–water partition coefficient (Wildman–Crippen LogP) is 4.26. The van der Waals surface area contributed by atoms with E-state index in [4.69, 9.17) is 10.2 Å². The molecule has 0 spiro atoms. The first-order valence-corrected chi connectivity index (χ1v) is 6.99. The summed E-state index contributed by atoms with van der Waals surface area (Å²) in [6, 6.07) is 2.19. The summed E-state index contributed by atoms with van der Waals surface area (Å²) in [5, 5.41) is 0. The summed E-state index contributed by atoms with van der Waals surface area (Å²) in [6.45, 7) is 4.09. The van der Waals surface area contributed by atoms with E-state index in [1.165, 1.54) is 44.1 Å². The van der Waals surface area contributed by atoms with Crippen LogP contribution in [0.3, 0.4) is 0 Å². The molecule has 1 atom stereocenters. The Morgan fingerprint density at radius 2 is 2.00 bits per heavy atom. The number of rotatable bonds is 4. The number of furan rings is 1. The fourth-order valence-corrected chi connectivity index (χ4v) is 2.82. The van der Waals surface area contributed by atoms with Crippen LogP contribution in [0.15, 0.2) is 10.5 Å². The van der Waals surface area contributed by atoms with Crippen LogP contribution in [-0.4, -0.2) is 0 Å². The predicted molar refractivity (Wildman–Crippen MR) is 70.9 cm³/mol. The zero-order valence-electron chi connectivity index (χ0n) is 11.2. The van der Waals surface area contributed by atoms with E-state index in [9.17, 15) is 0 Å². The van der Waals surface area contributed by atoms with Gasteiger partial charge in [0, 0.05) is 0 Å². The first kappa shape index (κ1) is 12.7. The minimum absolute atomic E-state index is 0.0873. The van der Waals surface area contributed by atoms with Crippen molar-refractivity contribution in [1.82, 2.24) is 0 Å². The smallest absolute Gasteiger partial charge is 0.121 e. The highest BCUT2D eigenvalue weighted by Gasteiger charge is 2.17.